The van der Waals surface area contributed by atoms with Gasteiger partial charge < -0.3 is 5.32 Å². The minimum absolute atomic E-state index is 0.228. The van der Waals surface area contributed by atoms with Gasteiger partial charge in [-0.1, -0.05) is 44.2 Å². The Balaban J connectivity index is 1.93. The normalized spacial score (nSPS) is 28.4. The first-order valence-electron chi connectivity index (χ1n) is 7.03. The maximum absolute atomic E-state index is 11.4. The van der Waals surface area contributed by atoms with Crippen molar-refractivity contribution in [1.82, 2.24) is 5.32 Å². The molecule has 0 bridgehead atoms. The summed E-state index contributed by atoms with van der Waals surface area (Å²) in [4.78, 5) is 0. The van der Waals surface area contributed by atoms with Gasteiger partial charge in [-0.3, -0.25) is 4.21 Å². The van der Waals surface area contributed by atoms with E-state index in [4.69, 9.17) is 0 Å². The predicted molar refractivity (Wildman–Crippen MR) is 82.9 cm³/mol. The van der Waals surface area contributed by atoms with E-state index in [-0.39, 0.29) is 10.7 Å². The van der Waals surface area contributed by atoms with Gasteiger partial charge >= 0.3 is 0 Å². The van der Waals surface area contributed by atoms with Gasteiger partial charge in [0.25, 0.3) is 0 Å². The molecule has 3 heteroatoms. The Kier molecular flexibility index (Phi) is 4.46. The quantitative estimate of drug-likeness (QED) is 0.898. The summed E-state index contributed by atoms with van der Waals surface area (Å²) >= 11 is 0. The number of benzene rings is 1. The third kappa shape index (κ3) is 3.09. The molecule has 0 aliphatic heterocycles. The Hall–Kier alpha value is -0.670. The number of rotatable bonds is 5. The molecule has 1 saturated carbocycles. The standard InChI is InChI=1S/C16H25NOS/c1-12(19(4)18)11-17-15-10-14(16(15,2)3)13-8-6-5-7-9-13/h5-9,12,14-15,17H,10-11H2,1-4H3/t12-,14+,15-,19-/m1/s1. The molecule has 1 fully saturated rings. The molecule has 0 radical (unpaired) electrons. The van der Waals surface area contributed by atoms with Gasteiger partial charge in [0.05, 0.1) is 0 Å². The summed E-state index contributed by atoms with van der Waals surface area (Å²) in [6, 6.07) is 11.3. The highest BCUT2D eigenvalue weighted by Gasteiger charge is 2.48. The van der Waals surface area contributed by atoms with Gasteiger partial charge in [0.1, 0.15) is 0 Å². The summed E-state index contributed by atoms with van der Waals surface area (Å²) in [5, 5.41) is 3.83. The molecular weight excluding hydrogens is 254 g/mol. The maximum atomic E-state index is 11.4. The first-order chi connectivity index (χ1) is 8.93. The molecule has 2 rings (SSSR count). The zero-order chi connectivity index (χ0) is 14.0. The average Bonchev–Trinajstić information content (AvgIpc) is 2.38. The van der Waals surface area contributed by atoms with E-state index in [0.29, 0.717) is 12.0 Å². The van der Waals surface area contributed by atoms with Crippen molar-refractivity contribution in [1.29, 1.82) is 0 Å². The monoisotopic (exact) mass is 279 g/mol. The summed E-state index contributed by atoms with van der Waals surface area (Å²) in [5.41, 5.74) is 1.72. The highest BCUT2D eigenvalue weighted by molar-refractivity contribution is 7.84. The topological polar surface area (TPSA) is 29.1 Å². The lowest BCUT2D eigenvalue weighted by molar-refractivity contribution is 0.0697. The van der Waals surface area contributed by atoms with Gasteiger partial charge in [-0.25, -0.2) is 0 Å². The minimum Gasteiger partial charge on any atom is -0.312 e. The Morgan fingerprint density at radius 1 is 1.37 bits per heavy atom. The van der Waals surface area contributed by atoms with E-state index >= 15 is 0 Å². The lowest BCUT2D eigenvalue weighted by Gasteiger charge is -2.53. The fraction of sp³-hybridized carbons (Fsp3) is 0.625. The largest absolute Gasteiger partial charge is 0.312 e. The molecule has 1 aromatic carbocycles. The van der Waals surface area contributed by atoms with Gasteiger partial charge in [0.2, 0.25) is 0 Å². The Morgan fingerprint density at radius 2 is 2.00 bits per heavy atom. The molecule has 1 aliphatic carbocycles. The van der Waals surface area contributed by atoms with Crippen LogP contribution in [0, 0.1) is 5.41 Å². The maximum Gasteiger partial charge on any atom is 0.0441 e. The van der Waals surface area contributed by atoms with Crippen LogP contribution < -0.4 is 5.32 Å². The van der Waals surface area contributed by atoms with E-state index < -0.39 is 10.8 Å². The third-order valence-electron chi connectivity index (χ3n) is 4.69. The highest BCUT2D eigenvalue weighted by Crippen LogP contribution is 2.52. The third-order valence-corrected chi connectivity index (χ3v) is 5.99. The van der Waals surface area contributed by atoms with Gasteiger partial charge in [-0.15, -0.1) is 0 Å². The first kappa shape index (κ1) is 14.7. The van der Waals surface area contributed by atoms with Crippen LogP contribution in [0.2, 0.25) is 0 Å². The first-order valence-corrected chi connectivity index (χ1v) is 8.65. The van der Waals surface area contributed by atoms with Crippen LogP contribution in [0.3, 0.4) is 0 Å². The fourth-order valence-electron chi connectivity index (χ4n) is 2.95. The molecule has 0 aromatic heterocycles. The molecule has 106 valence electrons. The fourth-order valence-corrected chi connectivity index (χ4v) is 3.28. The second-order valence-electron chi connectivity index (χ2n) is 6.29. The van der Waals surface area contributed by atoms with Gasteiger partial charge in [0, 0.05) is 34.9 Å². The zero-order valence-corrected chi connectivity index (χ0v) is 13.2. The number of hydrogen-bond acceptors (Lipinski definition) is 2. The Bertz CT molecular complexity index is 443. The summed E-state index contributed by atoms with van der Waals surface area (Å²) in [5.74, 6) is 0.633. The summed E-state index contributed by atoms with van der Waals surface area (Å²) < 4.78 is 11.4. The number of hydrogen-bond donors (Lipinski definition) is 1. The predicted octanol–water partition coefficient (Wildman–Crippen LogP) is 2.93. The minimum atomic E-state index is -0.737. The van der Waals surface area contributed by atoms with Crippen LogP contribution in [0.4, 0.5) is 0 Å². The van der Waals surface area contributed by atoms with Crippen LogP contribution in [0.5, 0.6) is 0 Å². The van der Waals surface area contributed by atoms with Crippen LogP contribution in [-0.2, 0) is 10.8 Å². The highest BCUT2D eigenvalue weighted by atomic mass is 32.2. The van der Waals surface area contributed by atoms with Crippen LogP contribution in [0.15, 0.2) is 30.3 Å². The average molecular weight is 279 g/mol. The second kappa shape index (κ2) is 5.76. The lowest BCUT2D eigenvalue weighted by Crippen LogP contribution is -2.56. The van der Waals surface area contributed by atoms with Crippen LogP contribution in [0.1, 0.15) is 38.7 Å². The molecule has 2 nitrogen and oxygen atoms in total. The van der Waals surface area contributed by atoms with Crippen molar-refractivity contribution >= 4 is 10.8 Å². The number of nitrogens with one attached hydrogen (secondary N) is 1. The molecule has 0 heterocycles. The van der Waals surface area contributed by atoms with Crippen LogP contribution in [0.25, 0.3) is 0 Å². The van der Waals surface area contributed by atoms with E-state index in [0.717, 1.165) is 6.54 Å². The van der Waals surface area contributed by atoms with Gasteiger partial charge in [-0.2, -0.15) is 0 Å². The van der Waals surface area contributed by atoms with E-state index in [9.17, 15) is 4.21 Å². The molecule has 0 unspecified atom stereocenters. The van der Waals surface area contributed by atoms with Crippen molar-refractivity contribution in [2.24, 2.45) is 5.41 Å². The molecule has 0 amide bonds. The Morgan fingerprint density at radius 3 is 2.53 bits per heavy atom. The van der Waals surface area contributed by atoms with E-state index in [1.807, 2.05) is 6.92 Å². The molecule has 1 aliphatic rings. The lowest BCUT2D eigenvalue weighted by atomic mass is 9.56. The molecule has 4 atom stereocenters. The molecule has 1 aromatic rings. The molecular formula is C16H25NOS. The van der Waals surface area contributed by atoms with Crippen molar-refractivity contribution in [3.05, 3.63) is 35.9 Å². The van der Waals surface area contributed by atoms with Gasteiger partial charge in [-0.05, 0) is 30.2 Å². The van der Waals surface area contributed by atoms with E-state index in [1.54, 1.807) is 6.26 Å². The van der Waals surface area contributed by atoms with Crippen LogP contribution >= 0.6 is 0 Å². The van der Waals surface area contributed by atoms with E-state index in [1.165, 1.54) is 12.0 Å². The van der Waals surface area contributed by atoms with E-state index in [2.05, 4.69) is 49.5 Å². The second-order valence-corrected chi connectivity index (χ2v) is 8.09. The smallest absolute Gasteiger partial charge is 0.0441 e. The molecule has 0 saturated heterocycles. The van der Waals surface area contributed by atoms with Gasteiger partial charge in [0.15, 0.2) is 0 Å². The summed E-state index contributed by atoms with van der Waals surface area (Å²) in [6.45, 7) is 7.56. The van der Waals surface area contributed by atoms with Crippen molar-refractivity contribution in [3.8, 4) is 0 Å². The summed E-state index contributed by atoms with van der Waals surface area (Å²) in [6.07, 6.45) is 2.96. The zero-order valence-electron chi connectivity index (χ0n) is 12.3. The van der Waals surface area contributed by atoms with Crippen molar-refractivity contribution < 1.29 is 4.21 Å². The van der Waals surface area contributed by atoms with Crippen molar-refractivity contribution in [2.45, 2.75) is 44.4 Å². The van der Waals surface area contributed by atoms with Crippen LogP contribution in [-0.4, -0.2) is 28.3 Å². The summed E-state index contributed by atoms with van der Waals surface area (Å²) in [7, 11) is -0.737. The Labute approximate surface area is 119 Å². The van der Waals surface area contributed by atoms with Crippen molar-refractivity contribution in [2.75, 3.05) is 12.8 Å². The molecule has 0 spiro atoms. The molecule has 19 heavy (non-hydrogen) atoms. The van der Waals surface area contributed by atoms with Crippen molar-refractivity contribution in [3.63, 3.8) is 0 Å². The SMILES string of the molecule is C[C@H](CN[C@@H]1C[C@@H](c2ccccc2)C1(C)C)[S@@](C)=O. The molecule has 1 N–H and O–H groups in total.